The third kappa shape index (κ3) is 2.80. The minimum atomic E-state index is -3.84. The van der Waals surface area contributed by atoms with E-state index in [1.165, 1.54) is 23.8 Å². The van der Waals surface area contributed by atoms with Crippen molar-refractivity contribution in [3.05, 3.63) is 63.7 Å². The van der Waals surface area contributed by atoms with E-state index in [-0.39, 0.29) is 10.6 Å². The van der Waals surface area contributed by atoms with Crippen LogP contribution >= 0.6 is 0 Å². The number of hydrogen-bond donors (Lipinski definition) is 1. The summed E-state index contributed by atoms with van der Waals surface area (Å²) in [6, 6.07) is 10.5. The van der Waals surface area contributed by atoms with E-state index in [0.29, 0.717) is 5.69 Å². The molecule has 22 heavy (non-hydrogen) atoms. The highest BCUT2D eigenvalue weighted by molar-refractivity contribution is 7.92. The van der Waals surface area contributed by atoms with Crippen molar-refractivity contribution in [2.45, 2.75) is 24.2 Å². The van der Waals surface area contributed by atoms with Crippen LogP contribution in [0.5, 0.6) is 0 Å². The van der Waals surface area contributed by atoms with Crippen LogP contribution < -0.4 is 4.72 Å². The lowest BCUT2D eigenvalue weighted by Crippen LogP contribution is -2.13. The van der Waals surface area contributed by atoms with Crippen LogP contribution in [0.1, 0.15) is 17.5 Å². The second kappa shape index (κ2) is 5.42. The highest BCUT2D eigenvalue weighted by atomic mass is 32.2. The maximum absolute atomic E-state index is 12.3. The van der Waals surface area contributed by atoms with Crippen LogP contribution in [0.25, 0.3) is 0 Å². The van der Waals surface area contributed by atoms with Crippen LogP contribution in [0.2, 0.25) is 0 Å². The topological polar surface area (TPSA) is 89.3 Å². The fraction of sp³-hybridized carbons (Fsp3) is 0.200. The fourth-order valence-corrected chi connectivity index (χ4v) is 3.70. The second-order valence-corrected chi connectivity index (χ2v) is 6.88. The van der Waals surface area contributed by atoms with Crippen molar-refractivity contribution in [3.8, 4) is 0 Å². The van der Waals surface area contributed by atoms with Gasteiger partial charge in [0.2, 0.25) is 0 Å². The Bertz CT molecular complexity index is 846. The van der Waals surface area contributed by atoms with Gasteiger partial charge in [-0.15, -0.1) is 0 Å². The van der Waals surface area contributed by atoms with Gasteiger partial charge < -0.3 is 0 Å². The zero-order chi connectivity index (χ0) is 15.7. The molecule has 114 valence electrons. The molecule has 0 spiro atoms. The minimum absolute atomic E-state index is 0.123. The smallest absolute Gasteiger partial charge is 0.270 e. The summed E-state index contributed by atoms with van der Waals surface area (Å²) in [7, 11) is -3.84. The molecular formula is C15H14N2O4S. The Hall–Kier alpha value is -2.41. The van der Waals surface area contributed by atoms with E-state index in [4.69, 9.17) is 0 Å². The molecule has 0 fully saturated rings. The molecule has 0 heterocycles. The third-order valence-electron chi connectivity index (χ3n) is 3.69. The van der Waals surface area contributed by atoms with E-state index in [0.717, 1.165) is 30.9 Å². The van der Waals surface area contributed by atoms with Crippen molar-refractivity contribution < 1.29 is 13.3 Å². The first-order valence-electron chi connectivity index (χ1n) is 6.85. The van der Waals surface area contributed by atoms with Gasteiger partial charge in [0.15, 0.2) is 0 Å². The van der Waals surface area contributed by atoms with Gasteiger partial charge in [0.05, 0.1) is 9.82 Å². The molecule has 0 atom stereocenters. The monoisotopic (exact) mass is 318 g/mol. The number of nitro groups is 1. The van der Waals surface area contributed by atoms with E-state index in [9.17, 15) is 18.5 Å². The van der Waals surface area contributed by atoms with Crippen molar-refractivity contribution in [3.63, 3.8) is 0 Å². The Balaban J connectivity index is 1.90. The summed E-state index contributed by atoms with van der Waals surface area (Å²) in [4.78, 5) is 10.0. The molecule has 2 aromatic carbocycles. The average molecular weight is 318 g/mol. The zero-order valence-electron chi connectivity index (χ0n) is 11.7. The molecule has 0 amide bonds. The Kier molecular flexibility index (Phi) is 3.58. The second-order valence-electron chi connectivity index (χ2n) is 5.20. The average Bonchev–Trinajstić information content (AvgIpc) is 2.94. The van der Waals surface area contributed by atoms with E-state index >= 15 is 0 Å². The van der Waals surface area contributed by atoms with Gasteiger partial charge in [-0.25, -0.2) is 8.42 Å². The maximum Gasteiger partial charge on any atom is 0.270 e. The Morgan fingerprint density at radius 1 is 1.05 bits per heavy atom. The standard InChI is InChI=1S/C15H14N2O4S/c18-17(19)14-5-2-6-15(10-14)22(20,21)16-13-8-7-11-3-1-4-12(11)9-13/h2,5-10,16H,1,3-4H2. The summed E-state index contributed by atoms with van der Waals surface area (Å²) in [5, 5.41) is 10.8. The molecule has 0 aromatic heterocycles. The molecule has 0 unspecified atom stereocenters. The molecular weight excluding hydrogens is 304 g/mol. The summed E-state index contributed by atoms with van der Waals surface area (Å²) in [6.45, 7) is 0. The van der Waals surface area contributed by atoms with Crippen LogP contribution in [0.15, 0.2) is 47.4 Å². The molecule has 6 nitrogen and oxygen atoms in total. The van der Waals surface area contributed by atoms with Crippen molar-refractivity contribution >= 4 is 21.4 Å². The normalized spacial score (nSPS) is 13.6. The Morgan fingerprint density at radius 2 is 1.82 bits per heavy atom. The van der Waals surface area contributed by atoms with Crippen LogP contribution in [0, 0.1) is 10.1 Å². The quantitative estimate of drug-likeness (QED) is 0.693. The first-order chi connectivity index (χ1) is 10.5. The lowest BCUT2D eigenvalue weighted by atomic mass is 10.1. The van der Waals surface area contributed by atoms with Gasteiger partial charge in [0.1, 0.15) is 0 Å². The van der Waals surface area contributed by atoms with Crippen LogP contribution in [0.4, 0.5) is 11.4 Å². The number of nitro benzene ring substituents is 1. The van der Waals surface area contributed by atoms with E-state index in [2.05, 4.69) is 4.72 Å². The van der Waals surface area contributed by atoms with Crippen LogP contribution in [0.3, 0.4) is 0 Å². The van der Waals surface area contributed by atoms with Gasteiger partial charge in [-0.2, -0.15) is 0 Å². The van der Waals surface area contributed by atoms with Crippen molar-refractivity contribution in [1.82, 2.24) is 0 Å². The summed E-state index contributed by atoms with van der Waals surface area (Å²) in [5.74, 6) is 0. The first-order valence-corrected chi connectivity index (χ1v) is 8.33. The van der Waals surface area contributed by atoms with Gasteiger partial charge in [0, 0.05) is 17.8 Å². The molecule has 1 aliphatic carbocycles. The van der Waals surface area contributed by atoms with E-state index < -0.39 is 14.9 Å². The van der Waals surface area contributed by atoms with Crippen LogP contribution in [-0.2, 0) is 22.9 Å². The molecule has 2 aromatic rings. The van der Waals surface area contributed by atoms with E-state index in [1.54, 1.807) is 6.07 Å². The van der Waals surface area contributed by atoms with Crippen molar-refractivity contribution in [2.75, 3.05) is 4.72 Å². The highest BCUT2D eigenvalue weighted by Gasteiger charge is 2.19. The zero-order valence-corrected chi connectivity index (χ0v) is 12.5. The van der Waals surface area contributed by atoms with Crippen molar-refractivity contribution in [1.29, 1.82) is 0 Å². The molecule has 1 aliphatic rings. The largest absolute Gasteiger partial charge is 0.280 e. The number of non-ortho nitro benzene ring substituents is 1. The number of nitrogens with one attached hydrogen (secondary N) is 1. The number of sulfonamides is 1. The van der Waals surface area contributed by atoms with Gasteiger partial charge in [-0.1, -0.05) is 12.1 Å². The van der Waals surface area contributed by atoms with Gasteiger partial charge in [-0.05, 0) is 48.6 Å². The molecule has 3 rings (SSSR count). The number of aryl methyl sites for hydroxylation is 2. The predicted molar refractivity (Wildman–Crippen MR) is 82.4 cm³/mol. The summed E-state index contributed by atoms with van der Waals surface area (Å²) < 4.78 is 27.2. The number of benzene rings is 2. The predicted octanol–water partition coefficient (Wildman–Crippen LogP) is 2.88. The SMILES string of the molecule is O=[N+]([O-])c1cccc(S(=O)(=O)Nc2ccc3c(c2)CCC3)c1. The minimum Gasteiger partial charge on any atom is -0.280 e. The molecule has 0 saturated carbocycles. The molecule has 1 N–H and O–H groups in total. The number of hydrogen-bond acceptors (Lipinski definition) is 4. The number of anilines is 1. The number of rotatable bonds is 4. The summed E-state index contributed by atoms with van der Waals surface area (Å²) >= 11 is 0. The Morgan fingerprint density at radius 3 is 2.59 bits per heavy atom. The van der Waals surface area contributed by atoms with Crippen LogP contribution in [-0.4, -0.2) is 13.3 Å². The lowest BCUT2D eigenvalue weighted by Gasteiger charge is -2.09. The highest BCUT2D eigenvalue weighted by Crippen LogP contribution is 2.26. The summed E-state index contributed by atoms with van der Waals surface area (Å²) in [6.07, 6.45) is 3.05. The maximum atomic E-state index is 12.3. The summed E-state index contributed by atoms with van der Waals surface area (Å²) in [5.41, 5.74) is 2.63. The molecule has 0 bridgehead atoms. The lowest BCUT2D eigenvalue weighted by molar-refractivity contribution is -0.385. The third-order valence-corrected chi connectivity index (χ3v) is 5.07. The van der Waals surface area contributed by atoms with Gasteiger partial charge >= 0.3 is 0 Å². The Labute approximate surface area is 128 Å². The van der Waals surface area contributed by atoms with Gasteiger partial charge in [0.25, 0.3) is 15.7 Å². The number of fused-ring (bicyclic) bond motifs is 1. The molecule has 0 saturated heterocycles. The molecule has 7 heteroatoms. The fourth-order valence-electron chi connectivity index (χ4n) is 2.61. The number of nitrogens with zero attached hydrogens (tertiary/aromatic N) is 1. The molecule has 0 aliphatic heterocycles. The van der Waals surface area contributed by atoms with E-state index in [1.807, 2.05) is 12.1 Å². The first kappa shape index (κ1) is 14.5. The van der Waals surface area contributed by atoms with Gasteiger partial charge in [-0.3, -0.25) is 14.8 Å². The molecule has 0 radical (unpaired) electrons. The van der Waals surface area contributed by atoms with Crippen molar-refractivity contribution in [2.24, 2.45) is 0 Å².